The second-order valence-corrected chi connectivity index (χ2v) is 5.38. The number of hydrogen-bond donors (Lipinski definition) is 0. The van der Waals surface area contributed by atoms with E-state index in [0.29, 0.717) is 0 Å². The standard InChI is InChI=1S/C14H20O2/c1-13(2)10-7-11-14(3,16-15-13)12-8-5-4-6-9-12/h4-6,8-9H,7,10-11H2,1-3H3. The molecule has 0 aliphatic carbocycles. The van der Waals surface area contributed by atoms with Gasteiger partial charge < -0.3 is 0 Å². The van der Waals surface area contributed by atoms with E-state index in [1.807, 2.05) is 18.2 Å². The lowest BCUT2D eigenvalue weighted by Gasteiger charge is -2.28. The monoisotopic (exact) mass is 220 g/mol. The molecule has 1 aromatic rings. The molecule has 1 aliphatic heterocycles. The van der Waals surface area contributed by atoms with Crippen molar-refractivity contribution in [3.8, 4) is 0 Å². The first-order valence-electron chi connectivity index (χ1n) is 5.94. The third-order valence-electron chi connectivity index (χ3n) is 3.27. The number of hydrogen-bond acceptors (Lipinski definition) is 2. The largest absolute Gasteiger partial charge is 0.230 e. The molecule has 2 heteroatoms. The molecule has 16 heavy (non-hydrogen) atoms. The molecule has 1 aromatic carbocycles. The molecule has 0 radical (unpaired) electrons. The summed E-state index contributed by atoms with van der Waals surface area (Å²) in [7, 11) is 0. The summed E-state index contributed by atoms with van der Waals surface area (Å²) < 4.78 is 0. The van der Waals surface area contributed by atoms with E-state index in [2.05, 4.69) is 32.9 Å². The molecule has 0 saturated carbocycles. The van der Waals surface area contributed by atoms with E-state index in [9.17, 15) is 0 Å². The van der Waals surface area contributed by atoms with Gasteiger partial charge in [-0.25, -0.2) is 9.78 Å². The van der Waals surface area contributed by atoms with Crippen LogP contribution in [0.2, 0.25) is 0 Å². The highest BCUT2D eigenvalue weighted by Gasteiger charge is 2.35. The first kappa shape index (κ1) is 11.6. The van der Waals surface area contributed by atoms with Gasteiger partial charge in [-0.2, -0.15) is 0 Å². The van der Waals surface area contributed by atoms with Crippen LogP contribution in [0, 0.1) is 0 Å². The highest BCUT2D eigenvalue weighted by atomic mass is 17.2. The quantitative estimate of drug-likeness (QED) is 0.670. The summed E-state index contributed by atoms with van der Waals surface area (Å²) in [5, 5.41) is 0. The first-order valence-corrected chi connectivity index (χ1v) is 5.94. The molecule has 1 unspecified atom stereocenters. The molecule has 0 bridgehead atoms. The van der Waals surface area contributed by atoms with Crippen LogP contribution in [0.4, 0.5) is 0 Å². The van der Waals surface area contributed by atoms with Crippen molar-refractivity contribution in [2.45, 2.75) is 51.2 Å². The fraction of sp³-hybridized carbons (Fsp3) is 0.571. The minimum absolute atomic E-state index is 0.174. The summed E-state index contributed by atoms with van der Waals surface area (Å²) in [5.41, 5.74) is 0.703. The molecule has 88 valence electrons. The summed E-state index contributed by atoms with van der Waals surface area (Å²) in [6, 6.07) is 10.3. The van der Waals surface area contributed by atoms with E-state index >= 15 is 0 Å². The number of benzene rings is 1. The summed E-state index contributed by atoms with van der Waals surface area (Å²) in [6.07, 6.45) is 3.16. The van der Waals surface area contributed by atoms with Gasteiger partial charge in [0.2, 0.25) is 0 Å². The topological polar surface area (TPSA) is 18.5 Å². The zero-order chi connectivity index (χ0) is 11.6. The zero-order valence-electron chi connectivity index (χ0n) is 10.3. The summed E-state index contributed by atoms with van der Waals surface area (Å²) in [5.74, 6) is 0. The SMILES string of the molecule is CC1(C)CCCC(C)(c2ccccc2)OO1. The van der Waals surface area contributed by atoms with Gasteiger partial charge in [0.1, 0.15) is 5.60 Å². The van der Waals surface area contributed by atoms with Gasteiger partial charge in [-0.1, -0.05) is 30.3 Å². The molecular formula is C14H20O2. The lowest BCUT2D eigenvalue weighted by Crippen LogP contribution is -2.28. The first-order chi connectivity index (χ1) is 7.52. The zero-order valence-corrected chi connectivity index (χ0v) is 10.3. The van der Waals surface area contributed by atoms with Crippen LogP contribution >= 0.6 is 0 Å². The average molecular weight is 220 g/mol. The van der Waals surface area contributed by atoms with E-state index in [0.717, 1.165) is 19.3 Å². The van der Waals surface area contributed by atoms with Crippen LogP contribution in [0.25, 0.3) is 0 Å². The van der Waals surface area contributed by atoms with Crippen LogP contribution < -0.4 is 0 Å². The molecule has 1 saturated heterocycles. The van der Waals surface area contributed by atoms with Gasteiger partial charge in [0.25, 0.3) is 0 Å². The van der Waals surface area contributed by atoms with Crippen molar-refractivity contribution in [1.82, 2.24) is 0 Å². The fourth-order valence-electron chi connectivity index (χ4n) is 2.12. The van der Waals surface area contributed by atoms with Gasteiger partial charge in [-0.15, -0.1) is 0 Å². The minimum Gasteiger partial charge on any atom is -0.230 e. The maximum Gasteiger partial charge on any atom is 0.126 e. The molecule has 0 spiro atoms. The van der Waals surface area contributed by atoms with Gasteiger partial charge in [0, 0.05) is 0 Å². The van der Waals surface area contributed by atoms with E-state index in [4.69, 9.17) is 9.78 Å². The van der Waals surface area contributed by atoms with Gasteiger partial charge in [-0.3, -0.25) is 0 Å². The van der Waals surface area contributed by atoms with Crippen LogP contribution in [-0.4, -0.2) is 5.60 Å². The molecule has 1 fully saturated rings. The molecule has 0 N–H and O–H groups in total. The Balaban J connectivity index is 2.20. The van der Waals surface area contributed by atoms with E-state index in [1.165, 1.54) is 5.56 Å². The molecule has 2 rings (SSSR count). The van der Waals surface area contributed by atoms with Gasteiger partial charge in [-0.05, 0) is 45.6 Å². The van der Waals surface area contributed by atoms with E-state index < -0.39 is 0 Å². The summed E-state index contributed by atoms with van der Waals surface area (Å²) in [4.78, 5) is 11.3. The Bertz CT molecular complexity index is 345. The second kappa shape index (κ2) is 4.19. The van der Waals surface area contributed by atoms with Crippen molar-refractivity contribution in [3.05, 3.63) is 35.9 Å². The average Bonchev–Trinajstić information content (AvgIpc) is 2.41. The van der Waals surface area contributed by atoms with Crippen molar-refractivity contribution in [2.75, 3.05) is 0 Å². The predicted molar refractivity (Wildman–Crippen MR) is 63.9 cm³/mol. The Morgan fingerprint density at radius 1 is 0.938 bits per heavy atom. The second-order valence-electron chi connectivity index (χ2n) is 5.38. The Kier molecular flexibility index (Phi) is 3.04. The molecule has 1 aliphatic rings. The highest BCUT2D eigenvalue weighted by molar-refractivity contribution is 5.21. The fourth-order valence-corrected chi connectivity index (χ4v) is 2.12. The van der Waals surface area contributed by atoms with Crippen molar-refractivity contribution < 1.29 is 9.78 Å². The van der Waals surface area contributed by atoms with E-state index in [-0.39, 0.29) is 11.2 Å². The van der Waals surface area contributed by atoms with Crippen LogP contribution in [-0.2, 0) is 15.4 Å². The Hall–Kier alpha value is -0.860. The maximum absolute atomic E-state index is 5.69. The van der Waals surface area contributed by atoms with Crippen molar-refractivity contribution >= 4 is 0 Å². The van der Waals surface area contributed by atoms with Crippen molar-refractivity contribution in [2.24, 2.45) is 0 Å². The van der Waals surface area contributed by atoms with Crippen molar-refractivity contribution in [3.63, 3.8) is 0 Å². The van der Waals surface area contributed by atoms with Gasteiger partial charge >= 0.3 is 0 Å². The lowest BCUT2D eigenvalue weighted by atomic mass is 9.89. The van der Waals surface area contributed by atoms with Gasteiger partial charge in [0.05, 0.1) is 5.60 Å². The van der Waals surface area contributed by atoms with Gasteiger partial charge in [0.15, 0.2) is 0 Å². The molecule has 0 amide bonds. The lowest BCUT2D eigenvalue weighted by molar-refractivity contribution is -0.401. The molecule has 0 aromatic heterocycles. The van der Waals surface area contributed by atoms with Crippen LogP contribution in [0.1, 0.15) is 45.6 Å². The molecule has 2 nitrogen and oxygen atoms in total. The Labute approximate surface area is 97.5 Å². The van der Waals surface area contributed by atoms with Crippen LogP contribution in [0.3, 0.4) is 0 Å². The maximum atomic E-state index is 5.69. The normalized spacial score (nSPS) is 29.7. The van der Waals surface area contributed by atoms with Crippen LogP contribution in [0.15, 0.2) is 30.3 Å². The van der Waals surface area contributed by atoms with Crippen LogP contribution in [0.5, 0.6) is 0 Å². The van der Waals surface area contributed by atoms with E-state index in [1.54, 1.807) is 0 Å². The summed E-state index contributed by atoms with van der Waals surface area (Å²) in [6.45, 7) is 6.25. The minimum atomic E-state index is -0.310. The highest BCUT2D eigenvalue weighted by Crippen LogP contribution is 2.37. The third-order valence-corrected chi connectivity index (χ3v) is 3.27. The Morgan fingerprint density at radius 2 is 1.62 bits per heavy atom. The smallest absolute Gasteiger partial charge is 0.126 e. The molecule has 1 atom stereocenters. The molecule has 1 heterocycles. The number of rotatable bonds is 1. The predicted octanol–water partition coefficient (Wildman–Crippen LogP) is 3.81. The van der Waals surface area contributed by atoms with Crippen molar-refractivity contribution in [1.29, 1.82) is 0 Å². The molecular weight excluding hydrogens is 200 g/mol. The Morgan fingerprint density at radius 3 is 2.31 bits per heavy atom. The summed E-state index contributed by atoms with van der Waals surface area (Å²) >= 11 is 0. The third kappa shape index (κ3) is 2.45.